The second kappa shape index (κ2) is 6.36. The van der Waals surface area contributed by atoms with E-state index in [9.17, 15) is 5.11 Å². The summed E-state index contributed by atoms with van der Waals surface area (Å²) in [7, 11) is 0. The minimum absolute atomic E-state index is 0.0822. The molecule has 2 rings (SSSR count). The second-order valence-corrected chi connectivity index (χ2v) is 6.39. The van der Waals surface area contributed by atoms with Gasteiger partial charge in [0.05, 0.1) is 18.3 Å². The molecule has 5 unspecified atom stereocenters. The molecule has 0 spiro atoms. The summed E-state index contributed by atoms with van der Waals surface area (Å²) >= 11 is 0. The van der Waals surface area contributed by atoms with Crippen LogP contribution in [0.1, 0.15) is 46.5 Å². The van der Waals surface area contributed by atoms with Crippen LogP contribution in [-0.4, -0.2) is 48.0 Å². The van der Waals surface area contributed by atoms with E-state index in [1.165, 1.54) is 19.3 Å². The van der Waals surface area contributed by atoms with Crippen molar-refractivity contribution in [3.05, 3.63) is 0 Å². The van der Waals surface area contributed by atoms with Crippen LogP contribution in [0, 0.1) is 11.8 Å². The Hall–Kier alpha value is -0.120. The summed E-state index contributed by atoms with van der Waals surface area (Å²) in [6.07, 6.45) is 5.26. The number of nitrogens with zero attached hydrogens (tertiary/aromatic N) is 1. The van der Waals surface area contributed by atoms with E-state index in [0.29, 0.717) is 18.1 Å². The molecule has 1 saturated carbocycles. The van der Waals surface area contributed by atoms with E-state index in [2.05, 4.69) is 25.7 Å². The van der Waals surface area contributed by atoms with Crippen LogP contribution in [0.5, 0.6) is 0 Å². The molecule has 1 N–H and O–H groups in total. The molecular weight excluding hydrogens is 226 g/mol. The molecule has 1 aliphatic carbocycles. The molecule has 0 aromatic carbocycles. The molecule has 0 radical (unpaired) electrons. The summed E-state index contributed by atoms with van der Waals surface area (Å²) in [6.45, 7) is 9.66. The van der Waals surface area contributed by atoms with Crippen LogP contribution in [0.15, 0.2) is 0 Å². The van der Waals surface area contributed by atoms with Crippen molar-refractivity contribution in [2.45, 2.75) is 64.8 Å². The first-order chi connectivity index (χ1) is 8.58. The summed E-state index contributed by atoms with van der Waals surface area (Å²) in [4.78, 5) is 2.49. The van der Waals surface area contributed by atoms with Gasteiger partial charge in [0.25, 0.3) is 0 Å². The lowest BCUT2D eigenvalue weighted by Gasteiger charge is -2.40. The molecule has 0 aromatic heterocycles. The van der Waals surface area contributed by atoms with Crippen LogP contribution in [0.2, 0.25) is 0 Å². The third-order valence-corrected chi connectivity index (χ3v) is 4.62. The number of ether oxygens (including phenoxy) is 1. The lowest BCUT2D eigenvalue weighted by atomic mass is 9.78. The molecule has 5 atom stereocenters. The SMILES string of the molecule is CCC1CCC(O)C(CN2CC(C)OC(C)C2)C1. The van der Waals surface area contributed by atoms with E-state index in [0.717, 1.165) is 32.0 Å². The summed E-state index contributed by atoms with van der Waals surface area (Å²) in [5.41, 5.74) is 0. The zero-order valence-electron chi connectivity index (χ0n) is 12.1. The number of aliphatic hydroxyl groups is 1. The van der Waals surface area contributed by atoms with Gasteiger partial charge < -0.3 is 9.84 Å². The Balaban J connectivity index is 1.86. The fraction of sp³-hybridized carbons (Fsp3) is 1.00. The van der Waals surface area contributed by atoms with Gasteiger partial charge >= 0.3 is 0 Å². The fourth-order valence-corrected chi connectivity index (χ4v) is 3.68. The third kappa shape index (κ3) is 3.69. The first-order valence-electron chi connectivity index (χ1n) is 7.64. The monoisotopic (exact) mass is 255 g/mol. The Morgan fingerprint density at radius 1 is 1.17 bits per heavy atom. The molecule has 0 amide bonds. The van der Waals surface area contributed by atoms with E-state index in [1.54, 1.807) is 0 Å². The maximum absolute atomic E-state index is 10.2. The number of rotatable bonds is 3. The maximum atomic E-state index is 10.2. The standard InChI is InChI=1S/C15H29NO2/c1-4-13-5-6-15(17)14(7-13)10-16-8-11(2)18-12(3)9-16/h11-15,17H,4-10H2,1-3H3. The van der Waals surface area contributed by atoms with Crippen LogP contribution >= 0.6 is 0 Å². The molecule has 1 heterocycles. The normalized spacial score (nSPS) is 43.0. The second-order valence-electron chi connectivity index (χ2n) is 6.39. The average Bonchev–Trinajstić information content (AvgIpc) is 2.30. The molecule has 1 aliphatic heterocycles. The molecule has 2 aliphatic rings. The highest BCUT2D eigenvalue weighted by molar-refractivity contribution is 4.83. The molecule has 3 nitrogen and oxygen atoms in total. The van der Waals surface area contributed by atoms with Crippen molar-refractivity contribution >= 4 is 0 Å². The number of morpholine rings is 1. The number of hydrogen-bond acceptors (Lipinski definition) is 3. The van der Waals surface area contributed by atoms with E-state index in [4.69, 9.17) is 4.74 Å². The molecule has 3 heteroatoms. The fourth-order valence-electron chi connectivity index (χ4n) is 3.68. The summed E-state index contributed by atoms with van der Waals surface area (Å²) < 4.78 is 5.77. The molecule has 106 valence electrons. The quantitative estimate of drug-likeness (QED) is 0.840. The Morgan fingerprint density at radius 2 is 1.83 bits per heavy atom. The summed E-state index contributed by atoms with van der Waals surface area (Å²) in [6, 6.07) is 0. The third-order valence-electron chi connectivity index (χ3n) is 4.62. The predicted octanol–water partition coefficient (Wildman–Crippen LogP) is 2.28. The van der Waals surface area contributed by atoms with Crippen LogP contribution in [0.3, 0.4) is 0 Å². The highest BCUT2D eigenvalue weighted by atomic mass is 16.5. The Labute approximate surface area is 112 Å². The van der Waals surface area contributed by atoms with Gasteiger partial charge in [-0.1, -0.05) is 13.3 Å². The van der Waals surface area contributed by atoms with Gasteiger partial charge in [0.2, 0.25) is 0 Å². The van der Waals surface area contributed by atoms with E-state index >= 15 is 0 Å². The molecule has 18 heavy (non-hydrogen) atoms. The van der Waals surface area contributed by atoms with Crippen LogP contribution in [0.25, 0.3) is 0 Å². The van der Waals surface area contributed by atoms with Crippen molar-refractivity contribution in [1.29, 1.82) is 0 Å². The van der Waals surface area contributed by atoms with Gasteiger partial charge in [-0.25, -0.2) is 0 Å². The van der Waals surface area contributed by atoms with Crippen molar-refractivity contribution in [3.8, 4) is 0 Å². The smallest absolute Gasteiger partial charge is 0.0678 e. The lowest BCUT2D eigenvalue weighted by Crippen LogP contribution is -2.49. The molecule has 0 aromatic rings. The van der Waals surface area contributed by atoms with E-state index in [1.807, 2.05) is 0 Å². The number of hydrogen-bond donors (Lipinski definition) is 1. The van der Waals surface area contributed by atoms with Gasteiger partial charge in [-0.2, -0.15) is 0 Å². The zero-order chi connectivity index (χ0) is 13.1. The van der Waals surface area contributed by atoms with E-state index in [-0.39, 0.29) is 6.10 Å². The first kappa shape index (κ1) is 14.3. The van der Waals surface area contributed by atoms with Crippen molar-refractivity contribution in [3.63, 3.8) is 0 Å². The van der Waals surface area contributed by atoms with Crippen LogP contribution < -0.4 is 0 Å². The van der Waals surface area contributed by atoms with Gasteiger partial charge in [0, 0.05) is 19.6 Å². The van der Waals surface area contributed by atoms with E-state index < -0.39 is 0 Å². The minimum atomic E-state index is -0.0822. The van der Waals surface area contributed by atoms with Crippen LogP contribution in [0.4, 0.5) is 0 Å². The summed E-state index contributed by atoms with van der Waals surface area (Å²) in [5.74, 6) is 1.30. The molecule has 2 fully saturated rings. The molecule has 1 saturated heterocycles. The largest absolute Gasteiger partial charge is 0.393 e. The highest BCUT2D eigenvalue weighted by Crippen LogP contribution is 2.32. The Kier molecular flexibility index (Phi) is 5.05. The highest BCUT2D eigenvalue weighted by Gasteiger charge is 2.31. The average molecular weight is 255 g/mol. The van der Waals surface area contributed by atoms with Crippen molar-refractivity contribution in [2.24, 2.45) is 11.8 Å². The lowest BCUT2D eigenvalue weighted by molar-refractivity contribution is -0.0804. The van der Waals surface area contributed by atoms with Crippen molar-refractivity contribution in [1.82, 2.24) is 4.90 Å². The Bertz CT molecular complexity index is 249. The maximum Gasteiger partial charge on any atom is 0.0678 e. The predicted molar refractivity (Wildman–Crippen MR) is 73.6 cm³/mol. The van der Waals surface area contributed by atoms with Crippen molar-refractivity contribution in [2.75, 3.05) is 19.6 Å². The minimum Gasteiger partial charge on any atom is -0.393 e. The van der Waals surface area contributed by atoms with Gasteiger partial charge in [-0.05, 0) is 44.9 Å². The Morgan fingerprint density at radius 3 is 2.44 bits per heavy atom. The summed E-state index contributed by atoms with van der Waals surface area (Å²) in [5, 5.41) is 10.2. The molecule has 0 bridgehead atoms. The van der Waals surface area contributed by atoms with Gasteiger partial charge in [0.15, 0.2) is 0 Å². The van der Waals surface area contributed by atoms with Crippen LogP contribution in [-0.2, 0) is 4.74 Å². The topological polar surface area (TPSA) is 32.7 Å². The molecular formula is C15H29NO2. The van der Waals surface area contributed by atoms with Gasteiger partial charge in [-0.15, -0.1) is 0 Å². The van der Waals surface area contributed by atoms with Crippen molar-refractivity contribution < 1.29 is 9.84 Å². The van der Waals surface area contributed by atoms with Gasteiger partial charge in [0.1, 0.15) is 0 Å². The number of aliphatic hydroxyl groups excluding tert-OH is 1. The first-order valence-corrected chi connectivity index (χ1v) is 7.64. The van der Waals surface area contributed by atoms with Gasteiger partial charge in [-0.3, -0.25) is 4.90 Å². The zero-order valence-corrected chi connectivity index (χ0v) is 12.1.